The van der Waals surface area contributed by atoms with Gasteiger partial charge >= 0.3 is 0 Å². The molecule has 1 aromatic carbocycles. The van der Waals surface area contributed by atoms with Crippen molar-refractivity contribution in [3.63, 3.8) is 0 Å². The molecule has 0 N–H and O–H groups in total. The number of thiol groups is 1. The van der Waals surface area contributed by atoms with Crippen LogP contribution < -0.4 is 0 Å². The Balaban J connectivity index is 0.000000218. The SMILES string of the molecule is C/C=C\S.Cc1ccccc1. The van der Waals surface area contributed by atoms with Crippen LogP contribution in [0.25, 0.3) is 0 Å². The monoisotopic (exact) mass is 166 g/mol. The number of hydrogen-bond acceptors (Lipinski definition) is 1. The normalized spacial score (nSPS) is 9.00. The van der Waals surface area contributed by atoms with Gasteiger partial charge in [0.1, 0.15) is 0 Å². The first-order valence-electron chi connectivity index (χ1n) is 3.58. The summed E-state index contributed by atoms with van der Waals surface area (Å²) in [6.07, 6.45) is 1.86. The van der Waals surface area contributed by atoms with Crippen molar-refractivity contribution < 1.29 is 0 Å². The van der Waals surface area contributed by atoms with E-state index in [9.17, 15) is 0 Å². The highest BCUT2D eigenvalue weighted by Gasteiger charge is 1.72. The molecule has 0 unspecified atom stereocenters. The first kappa shape index (κ1) is 10.3. The number of benzene rings is 1. The molecule has 1 aromatic rings. The second-order valence-electron chi connectivity index (χ2n) is 2.14. The van der Waals surface area contributed by atoms with Crippen LogP contribution in [-0.2, 0) is 0 Å². The summed E-state index contributed by atoms with van der Waals surface area (Å²) in [5.74, 6) is 0. The lowest BCUT2D eigenvalue weighted by Gasteiger charge is -1.82. The number of allylic oxidation sites excluding steroid dienone is 1. The van der Waals surface area contributed by atoms with Crippen molar-refractivity contribution in [2.75, 3.05) is 0 Å². The molecule has 0 aliphatic carbocycles. The fourth-order valence-electron chi connectivity index (χ4n) is 0.534. The molecule has 0 aliphatic heterocycles. The van der Waals surface area contributed by atoms with Gasteiger partial charge in [0.05, 0.1) is 0 Å². The van der Waals surface area contributed by atoms with E-state index in [-0.39, 0.29) is 0 Å². The Kier molecular flexibility index (Phi) is 6.95. The summed E-state index contributed by atoms with van der Waals surface area (Å²) in [6.45, 7) is 4.01. The highest BCUT2D eigenvalue weighted by molar-refractivity contribution is 7.83. The van der Waals surface area contributed by atoms with Crippen LogP contribution in [0.15, 0.2) is 41.8 Å². The summed E-state index contributed by atoms with van der Waals surface area (Å²) < 4.78 is 0. The second kappa shape index (κ2) is 7.42. The van der Waals surface area contributed by atoms with Gasteiger partial charge in [0.2, 0.25) is 0 Å². The number of hydrogen-bond donors (Lipinski definition) is 1. The molecule has 0 bridgehead atoms. The average molecular weight is 166 g/mol. The Hall–Kier alpha value is -0.690. The molecular formula is C10H14S. The zero-order valence-corrected chi connectivity index (χ0v) is 7.88. The van der Waals surface area contributed by atoms with Crippen LogP contribution in [0, 0.1) is 6.92 Å². The van der Waals surface area contributed by atoms with Gasteiger partial charge < -0.3 is 0 Å². The van der Waals surface area contributed by atoms with Crippen LogP contribution >= 0.6 is 12.6 Å². The maximum Gasteiger partial charge on any atom is -0.0367 e. The van der Waals surface area contributed by atoms with Crippen molar-refractivity contribution in [1.29, 1.82) is 0 Å². The smallest absolute Gasteiger partial charge is 0.0367 e. The molecule has 0 amide bonds. The lowest BCUT2D eigenvalue weighted by molar-refractivity contribution is 1.48. The van der Waals surface area contributed by atoms with Crippen molar-refractivity contribution in [3.8, 4) is 0 Å². The Bertz CT molecular complexity index is 185. The van der Waals surface area contributed by atoms with Crippen LogP contribution in [0.4, 0.5) is 0 Å². The first-order chi connectivity index (χ1) is 5.31. The molecule has 0 nitrogen and oxygen atoms in total. The molecule has 0 aromatic heterocycles. The van der Waals surface area contributed by atoms with E-state index in [2.05, 4.69) is 31.7 Å². The Morgan fingerprint density at radius 1 is 1.18 bits per heavy atom. The van der Waals surface area contributed by atoms with Crippen molar-refractivity contribution >= 4 is 12.6 Å². The molecule has 0 radical (unpaired) electrons. The van der Waals surface area contributed by atoms with Gasteiger partial charge in [-0.25, -0.2) is 0 Å². The van der Waals surface area contributed by atoms with E-state index in [0.29, 0.717) is 0 Å². The molecule has 60 valence electrons. The van der Waals surface area contributed by atoms with Crippen molar-refractivity contribution in [2.24, 2.45) is 0 Å². The zero-order valence-electron chi connectivity index (χ0n) is 6.99. The van der Waals surface area contributed by atoms with Crippen molar-refractivity contribution in [1.82, 2.24) is 0 Å². The summed E-state index contributed by atoms with van der Waals surface area (Å²) >= 11 is 3.74. The van der Waals surface area contributed by atoms with Gasteiger partial charge in [-0.05, 0) is 19.3 Å². The highest BCUT2D eigenvalue weighted by atomic mass is 32.1. The van der Waals surface area contributed by atoms with Crippen molar-refractivity contribution in [3.05, 3.63) is 47.4 Å². The molecule has 11 heavy (non-hydrogen) atoms. The largest absolute Gasteiger partial charge is 0.152 e. The van der Waals surface area contributed by atoms with E-state index in [1.54, 1.807) is 5.41 Å². The predicted octanol–water partition coefficient (Wildman–Crippen LogP) is 3.44. The van der Waals surface area contributed by atoms with Gasteiger partial charge in [-0.3, -0.25) is 0 Å². The number of aryl methyl sites for hydroxylation is 1. The summed E-state index contributed by atoms with van der Waals surface area (Å²) in [5, 5.41) is 1.69. The van der Waals surface area contributed by atoms with Crippen LogP contribution in [0.1, 0.15) is 12.5 Å². The summed E-state index contributed by atoms with van der Waals surface area (Å²) in [6, 6.07) is 10.3. The molecule has 1 heteroatoms. The standard InChI is InChI=1S/C7H8.C3H6S/c1-7-5-3-2-4-6-7;1-2-3-4/h2-6H,1H3;2-4H,1H3/b;3-2-. The van der Waals surface area contributed by atoms with Gasteiger partial charge in [-0.2, -0.15) is 12.6 Å². The van der Waals surface area contributed by atoms with E-state index in [4.69, 9.17) is 0 Å². The Morgan fingerprint density at radius 3 is 1.82 bits per heavy atom. The van der Waals surface area contributed by atoms with Gasteiger partial charge in [0, 0.05) is 0 Å². The fourth-order valence-corrected chi connectivity index (χ4v) is 0.534. The first-order valence-corrected chi connectivity index (χ1v) is 4.10. The third kappa shape index (κ3) is 7.20. The van der Waals surface area contributed by atoms with Gasteiger partial charge in [-0.15, -0.1) is 0 Å². The molecule has 0 aliphatic rings. The lowest BCUT2D eigenvalue weighted by Crippen LogP contribution is -1.62. The van der Waals surface area contributed by atoms with E-state index in [1.165, 1.54) is 5.56 Å². The quantitative estimate of drug-likeness (QED) is 0.561. The van der Waals surface area contributed by atoms with Crippen molar-refractivity contribution in [2.45, 2.75) is 13.8 Å². The maximum absolute atomic E-state index is 3.74. The van der Waals surface area contributed by atoms with E-state index < -0.39 is 0 Å². The molecule has 1 rings (SSSR count). The van der Waals surface area contributed by atoms with Gasteiger partial charge in [0.25, 0.3) is 0 Å². The minimum Gasteiger partial charge on any atom is -0.152 e. The lowest BCUT2D eigenvalue weighted by atomic mass is 10.2. The fraction of sp³-hybridized carbons (Fsp3) is 0.200. The molecule has 0 spiro atoms. The van der Waals surface area contributed by atoms with Crippen LogP contribution in [0.2, 0.25) is 0 Å². The third-order valence-corrected chi connectivity index (χ3v) is 1.39. The molecule has 0 saturated carbocycles. The highest BCUT2D eigenvalue weighted by Crippen LogP contribution is 1.92. The summed E-state index contributed by atoms with van der Waals surface area (Å²) in [7, 11) is 0. The second-order valence-corrected chi connectivity index (χ2v) is 2.44. The van der Waals surface area contributed by atoms with Gasteiger partial charge in [-0.1, -0.05) is 42.0 Å². The van der Waals surface area contributed by atoms with Gasteiger partial charge in [0.15, 0.2) is 0 Å². The predicted molar refractivity (Wildman–Crippen MR) is 55.0 cm³/mol. The average Bonchev–Trinajstić information content (AvgIpc) is 2.07. The Morgan fingerprint density at radius 2 is 1.64 bits per heavy atom. The van der Waals surface area contributed by atoms with E-state index in [1.807, 2.05) is 31.2 Å². The van der Waals surface area contributed by atoms with Crippen LogP contribution in [0.3, 0.4) is 0 Å². The summed E-state index contributed by atoms with van der Waals surface area (Å²) in [5.41, 5.74) is 1.32. The minimum absolute atomic E-state index is 1.32. The van der Waals surface area contributed by atoms with Crippen LogP contribution in [0.5, 0.6) is 0 Å². The Labute approximate surface area is 74.4 Å². The molecule has 0 atom stereocenters. The summed E-state index contributed by atoms with van der Waals surface area (Å²) in [4.78, 5) is 0. The molecule has 0 heterocycles. The minimum atomic E-state index is 1.32. The molecular weight excluding hydrogens is 152 g/mol. The third-order valence-electron chi connectivity index (χ3n) is 1.09. The zero-order chi connectivity index (χ0) is 8.53. The number of rotatable bonds is 0. The van der Waals surface area contributed by atoms with E-state index >= 15 is 0 Å². The maximum atomic E-state index is 3.74. The van der Waals surface area contributed by atoms with Crippen LogP contribution in [-0.4, -0.2) is 0 Å². The topological polar surface area (TPSA) is 0 Å². The van der Waals surface area contributed by atoms with E-state index in [0.717, 1.165) is 0 Å². The molecule has 0 saturated heterocycles. The molecule has 0 fully saturated rings.